The summed E-state index contributed by atoms with van der Waals surface area (Å²) in [7, 11) is 0. The summed E-state index contributed by atoms with van der Waals surface area (Å²) in [5, 5.41) is 0.176. The SMILES string of the molecule is CC(C)C(Cl)C(C)Cc1ccc(F)cc1. The van der Waals surface area contributed by atoms with E-state index in [4.69, 9.17) is 11.6 Å². The minimum atomic E-state index is -0.183. The van der Waals surface area contributed by atoms with Gasteiger partial charge < -0.3 is 0 Å². The molecule has 0 heterocycles. The topological polar surface area (TPSA) is 0 Å². The molecule has 0 bridgehead atoms. The van der Waals surface area contributed by atoms with Gasteiger partial charge in [0, 0.05) is 5.38 Å². The van der Waals surface area contributed by atoms with Crippen LogP contribution < -0.4 is 0 Å². The largest absolute Gasteiger partial charge is 0.207 e. The molecule has 0 nitrogen and oxygen atoms in total. The molecule has 1 aromatic rings. The molecular formula is C13H18ClF. The Bertz CT molecular complexity index is 292. The summed E-state index contributed by atoms with van der Waals surface area (Å²) in [6, 6.07) is 6.66. The number of alkyl halides is 1. The summed E-state index contributed by atoms with van der Waals surface area (Å²) in [4.78, 5) is 0. The predicted molar refractivity (Wildman–Crippen MR) is 63.7 cm³/mol. The van der Waals surface area contributed by atoms with Crippen molar-refractivity contribution in [3.05, 3.63) is 35.6 Å². The first-order valence-electron chi connectivity index (χ1n) is 5.39. The van der Waals surface area contributed by atoms with E-state index in [0.29, 0.717) is 11.8 Å². The van der Waals surface area contributed by atoms with Crippen molar-refractivity contribution in [2.75, 3.05) is 0 Å². The maximum absolute atomic E-state index is 12.7. The Kier molecular flexibility index (Phi) is 4.59. The molecular weight excluding hydrogens is 211 g/mol. The second-order valence-electron chi connectivity index (χ2n) is 4.50. The van der Waals surface area contributed by atoms with Crippen molar-refractivity contribution in [1.82, 2.24) is 0 Å². The van der Waals surface area contributed by atoms with Gasteiger partial charge in [-0.2, -0.15) is 0 Å². The molecule has 0 aliphatic carbocycles. The second kappa shape index (κ2) is 5.50. The summed E-state index contributed by atoms with van der Waals surface area (Å²) in [5.41, 5.74) is 1.15. The van der Waals surface area contributed by atoms with E-state index in [0.717, 1.165) is 12.0 Å². The third-order valence-corrected chi connectivity index (χ3v) is 3.59. The van der Waals surface area contributed by atoms with E-state index < -0.39 is 0 Å². The van der Waals surface area contributed by atoms with Gasteiger partial charge in [-0.25, -0.2) is 4.39 Å². The molecule has 0 spiro atoms. The number of hydrogen-bond acceptors (Lipinski definition) is 0. The van der Waals surface area contributed by atoms with E-state index in [2.05, 4.69) is 20.8 Å². The molecule has 0 saturated heterocycles. The van der Waals surface area contributed by atoms with E-state index in [1.807, 2.05) is 12.1 Å². The molecule has 0 aliphatic rings. The maximum atomic E-state index is 12.7. The Morgan fingerprint density at radius 3 is 2.13 bits per heavy atom. The Hall–Kier alpha value is -0.560. The van der Waals surface area contributed by atoms with Crippen LogP contribution in [-0.4, -0.2) is 5.38 Å². The van der Waals surface area contributed by atoms with E-state index >= 15 is 0 Å². The van der Waals surface area contributed by atoms with Gasteiger partial charge in [0.25, 0.3) is 0 Å². The highest BCUT2D eigenvalue weighted by Gasteiger charge is 2.18. The zero-order chi connectivity index (χ0) is 11.4. The van der Waals surface area contributed by atoms with Gasteiger partial charge in [0.15, 0.2) is 0 Å². The Morgan fingerprint density at radius 2 is 1.67 bits per heavy atom. The standard InChI is InChI=1S/C13H18ClF/c1-9(2)13(14)10(3)8-11-4-6-12(15)7-5-11/h4-7,9-10,13H,8H2,1-3H3. The number of rotatable bonds is 4. The Labute approximate surface area is 96.5 Å². The molecule has 0 radical (unpaired) electrons. The van der Waals surface area contributed by atoms with Crippen molar-refractivity contribution in [3.8, 4) is 0 Å². The van der Waals surface area contributed by atoms with E-state index in [1.165, 1.54) is 12.1 Å². The molecule has 1 rings (SSSR count). The zero-order valence-electron chi connectivity index (χ0n) is 9.50. The molecule has 0 amide bonds. The van der Waals surface area contributed by atoms with Gasteiger partial charge >= 0.3 is 0 Å². The third-order valence-electron chi connectivity index (χ3n) is 2.65. The van der Waals surface area contributed by atoms with Crippen molar-refractivity contribution >= 4 is 11.6 Å². The second-order valence-corrected chi connectivity index (χ2v) is 5.00. The van der Waals surface area contributed by atoms with Crippen LogP contribution in [0.4, 0.5) is 4.39 Å². The number of halogens is 2. The smallest absolute Gasteiger partial charge is 0.123 e. The summed E-state index contributed by atoms with van der Waals surface area (Å²) < 4.78 is 12.7. The molecule has 0 aliphatic heterocycles. The van der Waals surface area contributed by atoms with Crippen LogP contribution in [0.15, 0.2) is 24.3 Å². The molecule has 2 unspecified atom stereocenters. The predicted octanol–water partition coefficient (Wildman–Crippen LogP) is 4.27. The van der Waals surface area contributed by atoms with E-state index in [9.17, 15) is 4.39 Å². The Morgan fingerprint density at radius 1 is 1.13 bits per heavy atom. The van der Waals surface area contributed by atoms with Crippen LogP contribution in [0.1, 0.15) is 26.3 Å². The van der Waals surface area contributed by atoms with Crippen LogP contribution in [0.25, 0.3) is 0 Å². The summed E-state index contributed by atoms with van der Waals surface area (Å²) in [6.07, 6.45) is 0.909. The Balaban J connectivity index is 2.58. The highest BCUT2D eigenvalue weighted by molar-refractivity contribution is 6.20. The first-order valence-corrected chi connectivity index (χ1v) is 5.83. The number of benzene rings is 1. The van der Waals surface area contributed by atoms with Gasteiger partial charge in [0.1, 0.15) is 5.82 Å². The van der Waals surface area contributed by atoms with Gasteiger partial charge in [0.2, 0.25) is 0 Å². The van der Waals surface area contributed by atoms with Crippen molar-refractivity contribution in [2.24, 2.45) is 11.8 Å². The fourth-order valence-corrected chi connectivity index (χ4v) is 1.85. The summed E-state index contributed by atoms with van der Waals surface area (Å²) >= 11 is 6.27. The fourth-order valence-electron chi connectivity index (χ4n) is 1.76. The molecule has 2 heteroatoms. The quantitative estimate of drug-likeness (QED) is 0.676. The minimum absolute atomic E-state index is 0.176. The molecule has 0 saturated carbocycles. The van der Waals surface area contributed by atoms with Crippen molar-refractivity contribution in [2.45, 2.75) is 32.6 Å². The van der Waals surface area contributed by atoms with E-state index in [-0.39, 0.29) is 11.2 Å². The average molecular weight is 229 g/mol. The third kappa shape index (κ3) is 3.83. The molecule has 0 N–H and O–H groups in total. The van der Waals surface area contributed by atoms with Gasteiger partial charge in [0.05, 0.1) is 0 Å². The highest BCUT2D eigenvalue weighted by atomic mass is 35.5. The van der Waals surface area contributed by atoms with Gasteiger partial charge in [-0.1, -0.05) is 32.9 Å². The maximum Gasteiger partial charge on any atom is 0.123 e. The van der Waals surface area contributed by atoms with Crippen LogP contribution in [0, 0.1) is 17.7 Å². The monoisotopic (exact) mass is 228 g/mol. The highest BCUT2D eigenvalue weighted by Crippen LogP contribution is 2.22. The van der Waals surface area contributed by atoms with Crippen molar-refractivity contribution in [1.29, 1.82) is 0 Å². The van der Waals surface area contributed by atoms with Crippen LogP contribution in [0.5, 0.6) is 0 Å². The minimum Gasteiger partial charge on any atom is -0.207 e. The molecule has 84 valence electrons. The lowest BCUT2D eigenvalue weighted by Gasteiger charge is -2.21. The summed E-state index contributed by atoms with van der Waals surface area (Å²) in [5.74, 6) is 0.705. The molecule has 15 heavy (non-hydrogen) atoms. The lowest BCUT2D eigenvalue weighted by atomic mass is 9.92. The molecule has 2 atom stereocenters. The lowest BCUT2D eigenvalue weighted by Crippen LogP contribution is -2.19. The van der Waals surface area contributed by atoms with Crippen molar-refractivity contribution < 1.29 is 4.39 Å². The summed E-state index contributed by atoms with van der Waals surface area (Å²) in [6.45, 7) is 6.39. The van der Waals surface area contributed by atoms with Crippen LogP contribution in [0.2, 0.25) is 0 Å². The van der Waals surface area contributed by atoms with Crippen molar-refractivity contribution in [3.63, 3.8) is 0 Å². The average Bonchev–Trinajstić information content (AvgIpc) is 2.20. The normalized spacial score (nSPS) is 15.3. The first kappa shape index (κ1) is 12.5. The lowest BCUT2D eigenvalue weighted by molar-refractivity contribution is 0.446. The van der Waals surface area contributed by atoms with Crippen LogP contribution in [0.3, 0.4) is 0 Å². The van der Waals surface area contributed by atoms with Crippen LogP contribution >= 0.6 is 11.6 Å². The van der Waals surface area contributed by atoms with Crippen LogP contribution in [-0.2, 0) is 6.42 Å². The molecule has 1 aromatic carbocycles. The zero-order valence-corrected chi connectivity index (χ0v) is 10.3. The van der Waals surface area contributed by atoms with E-state index in [1.54, 1.807) is 0 Å². The first-order chi connectivity index (χ1) is 7.00. The van der Waals surface area contributed by atoms with Gasteiger partial charge in [-0.3, -0.25) is 0 Å². The number of hydrogen-bond donors (Lipinski definition) is 0. The molecule has 0 fully saturated rings. The molecule has 0 aromatic heterocycles. The fraction of sp³-hybridized carbons (Fsp3) is 0.538. The van der Waals surface area contributed by atoms with Gasteiger partial charge in [-0.05, 0) is 36.0 Å². The van der Waals surface area contributed by atoms with Gasteiger partial charge in [-0.15, -0.1) is 11.6 Å².